The molecule has 5 nitrogen and oxygen atoms in total. The van der Waals surface area contributed by atoms with Gasteiger partial charge in [-0.05, 0) is 18.4 Å². The average Bonchev–Trinajstić information content (AvgIpc) is 2.65. The Morgan fingerprint density at radius 3 is 2.60 bits per heavy atom. The second-order valence-corrected chi connectivity index (χ2v) is 3.81. The van der Waals surface area contributed by atoms with Crippen LogP contribution in [0.4, 0.5) is 0 Å². The lowest BCUT2D eigenvalue weighted by molar-refractivity contribution is -0.127. The van der Waals surface area contributed by atoms with Gasteiger partial charge in [0.05, 0.1) is 11.3 Å². The van der Waals surface area contributed by atoms with Gasteiger partial charge in [0.2, 0.25) is 5.91 Å². The summed E-state index contributed by atoms with van der Waals surface area (Å²) < 4.78 is 0. The Bertz CT molecular complexity index is 373. The van der Waals surface area contributed by atoms with Crippen molar-refractivity contribution in [2.75, 3.05) is 0 Å². The Hall–Kier alpha value is -1.69. The van der Waals surface area contributed by atoms with Gasteiger partial charge in [0.25, 0.3) is 5.91 Å². The zero-order valence-corrected chi connectivity index (χ0v) is 8.89. The number of carbonyl (C=O) groups is 3. The summed E-state index contributed by atoms with van der Waals surface area (Å²) in [5, 5.41) is 1.76. The van der Waals surface area contributed by atoms with E-state index in [-0.39, 0.29) is 18.1 Å². The maximum absolute atomic E-state index is 11.3. The Balaban J connectivity index is 2.35. The van der Waals surface area contributed by atoms with Gasteiger partial charge in [0, 0.05) is 0 Å². The topological polar surface area (TPSA) is 75.3 Å². The number of ketones is 1. The molecule has 0 aliphatic heterocycles. The minimum absolute atomic E-state index is 0.231. The van der Waals surface area contributed by atoms with Crippen molar-refractivity contribution < 1.29 is 14.4 Å². The van der Waals surface area contributed by atoms with Crippen molar-refractivity contribution in [3.8, 4) is 0 Å². The number of Topliss-reactive ketones (excluding diaryl/α,β-unsaturated/α-hetero) is 1. The summed E-state index contributed by atoms with van der Waals surface area (Å²) in [7, 11) is 0. The fourth-order valence-corrected chi connectivity index (χ4v) is 1.49. The van der Waals surface area contributed by atoms with Crippen LogP contribution in [0.15, 0.2) is 17.5 Å². The molecule has 2 N–H and O–H groups in total. The minimum atomic E-state index is -0.521. The number of hydrazine groups is 1. The molecule has 0 radical (unpaired) electrons. The fraction of sp³-hybridized carbons (Fsp3) is 0.222. The number of rotatable bonds is 3. The van der Waals surface area contributed by atoms with E-state index in [9.17, 15) is 14.4 Å². The molecule has 80 valence electrons. The monoisotopic (exact) mass is 226 g/mol. The van der Waals surface area contributed by atoms with Crippen LogP contribution in [-0.2, 0) is 9.59 Å². The first-order valence-electron chi connectivity index (χ1n) is 4.21. The van der Waals surface area contributed by atoms with Gasteiger partial charge < -0.3 is 0 Å². The van der Waals surface area contributed by atoms with Crippen LogP contribution in [0.2, 0.25) is 0 Å². The predicted molar refractivity (Wildman–Crippen MR) is 55.2 cm³/mol. The number of hydrogen-bond donors (Lipinski definition) is 2. The predicted octanol–water partition coefficient (Wildman–Crippen LogP) is 0.488. The molecule has 0 fully saturated rings. The lowest BCUT2D eigenvalue weighted by atomic mass is 10.3. The normalized spacial score (nSPS) is 9.40. The molecule has 1 aromatic rings. The van der Waals surface area contributed by atoms with Crippen LogP contribution in [-0.4, -0.2) is 17.6 Å². The molecular formula is C9H10N2O3S. The quantitative estimate of drug-likeness (QED) is 0.581. The van der Waals surface area contributed by atoms with Gasteiger partial charge in [-0.2, -0.15) is 0 Å². The maximum Gasteiger partial charge on any atom is 0.279 e. The highest BCUT2D eigenvalue weighted by atomic mass is 32.1. The summed E-state index contributed by atoms with van der Waals surface area (Å²) in [4.78, 5) is 33.3. The molecule has 15 heavy (non-hydrogen) atoms. The van der Waals surface area contributed by atoms with E-state index in [1.54, 1.807) is 17.5 Å². The summed E-state index contributed by atoms with van der Waals surface area (Å²) >= 11 is 1.27. The van der Waals surface area contributed by atoms with E-state index < -0.39 is 5.91 Å². The molecule has 1 rings (SSSR count). The highest BCUT2D eigenvalue weighted by molar-refractivity contribution is 7.12. The number of nitrogens with one attached hydrogen (secondary N) is 2. The molecule has 6 heteroatoms. The highest BCUT2D eigenvalue weighted by Crippen LogP contribution is 2.06. The van der Waals surface area contributed by atoms with Crippen LogP contribution in [0.1, 0.15) is 23.0 Å². The third-order valence-corrected chi connectivity index (χ3v) is 2.34. The Kier molecular flexibility index (Phi) is 3.99. The second-order valence-electron chi connectivity index (χ2n) is 2.86. The molecule has 1 aromatic heterocycles. The van der Waals surface area contributed by atoms with Crippen LogP contribution in [0.25, 0.3) is 0 Å². The number of carbonyl (C=O) groups excluding carboxylic acids is 3. The van der Waals surface area contributed by atoms with Gasteiger partial charge in [-0.25, -0.2) is 0 Å². The van der Waals surface area contributed by atoms with E-state index >= 15 is 0 Å². The Morgan fingerprint density at radius 2 is 2.07 bits per heavy atom. The van der Waals surface area contributed by atoms with Crippen molar-refractivity contribution in [3.05, 3.63) is 22.4 Å². The molecule has 0 spiro atoms. The van der Waals surface area contributed by atoms with Gasteiger partial charge in [0.15, 0.2) is 0 Å². The van der Waals surface area contributed by atoms with Gasteiger partial charge in [-0.1, -0.05) is 6.07 Å². The molecule has 1 heterocycles. The zero-order valence-electron chi connectivity index (χ0n) is 8.07. The van der Waals surface area contributed by atoms with Crippen LogP contribution in [0, 0.1) is 0 Å². The highest BCUT2D eigenvalue weighted by Gasteiger charge is 2.08. The molecule has 0 bridgehead atoms. The van der Waals surface area contributed by atoms with Crippen LogP contribution in [0.3, 0.4) is 0 Å². The molecule has 0 saturated heterocycles. The second kappa shape index (κ2) is 5.26. The lowest BCUT2D eigenvalue weighted by Crippen LogP contribution is -2.41. The van der Waals surface area contributed by atoms with E-state index in [0.29, 0.717) is 4.88 Å². The first kappa shape index (κ1) is 11.4. The van der Waals surface area contributed by atoms with Crippen molar-refractivity contribution in [2.24, 2.45) is 0 Å². The first-order valence-corrected chi connectivity index (χ1v) is 5.09. The van der Waals surface area contributed by atoms with E-state index in [2.05, 4.69) is 10.9 Å². The summed E-state index contributed by atoms with van der Waals surface area (Å²) in [6, 6.07) is 3.37. The van der Waals surface area contributed by atoms with E-state index in [0.717, 1.165) is 0 Å². The molecule has 0 aliphatic rings. The van der Waals surface area contributed by atoms with Crippen LogP contribution < -0.4 is 10.9 Å². The summed E-state index contributed by atoms with van der Waals surface area (Å²) in [6.45, 7) is 1.31. The van der Waals surface area contributed by atoms with Crippen LogP contribution >= 0.6 is 11.3 Å². The summed E-state index contributed by atoms with van der Waals surface area (Å²) in [5.41, 5.74) is 4.36. The third-order valence-electron chi connectivity index (χ3n) is 1.47. The number of hydrogen-bond acceptors (Lipinski definition) is 4. The number of thiophene rings is 1. The van der Waals surface area contributed by atoms with Gasteiger partial charge in [-0.3, -0.25) is 25.2 Å². The maximum atomic E-state index is 11.3. The fourth-order valence-electron chi connectivity index (χ4n) is 0.866. The van der Waals surface area contributed by atoms with E-state index in [4.69, 9.17) is 0 Å². The SMILES string of the molecule is CC(=O)CC(=O)NNC(=O)c1cccs1. The molecule has 0 saturated carbocycles. The number of amides is 2. The van der Waals surface area contributed by atoms with Crippen molar-refractivity contribution in [1.29, 1.82) is 0 Å². The lowest BCUT2D eigenvalue weighted by Gasteiger charge is -2.04. The van der Waals surface area contributed by atoms with E-state index in [1.807, 2.05) is 0 Å². The molecule has 0 aromatic carbocycles. The summed E-state index contributed by atoms with van der Waals surface area (Å²) in [5.74, 6) is -1.16. The average molecular weight is 226 g/mol. The largest absolute Gasteiger partial charge is 0.299 e. The summed E-state index contributed by atoms with van der Waals surface area (Å²) in [6.07, 6.45) is -0.231. The smallest absolute Gasteiger partial charge is 0.279 e. The van der Waals surface area contributed by atoms with Gasteiger partial charge in [-0.15, -0.1) is 11.3 Å². The molecule has 0 aliphatic carbocycles. The molecule has 2 amide bonds. The Morgan fingerprint density at radius 1 is 1.33 bits per heavy atom. The minimum Gasteiger partial charge on any atom is -0.299 e. The molecular weight excluding hydrogens is 216 g/mol. The van der Waals surface area contributed by atoms with Crippen LogP contribution in [0.5, 0.6) is 0 Å². The van der Waals surface area contributed by atoms with Crippen molar-refractivity contribution >= 4 is 28.9 Å². The van der Waals surface area contributed by atoms with E-state index in [1.165, 1.54) is 18.3 Å². The standard InChI is InChI=1S/C9H10N2O3S/c1-6(12)5-8(13)10-11-9(14)7-3-2-4-15-7/h2-4H,5H2,1H3,(H,10,13)(H,11,14). The zero-order chi connectivity index (χ0) is 11.3. The Labute approximate surface area is 90.5 Å². The van der Waals surface area contributed by atoms with Crippen molar-refractivity contribution in [3.63, 3.8) is 0 Å². The third kappa shape index (κ3) is 3.90. The molecule has 0 unspecified atom stereocenters. The van der Waals surface area contributed by atoms with Gasteiger partial charge in [0.1, 0.15) is 5.78 Å². The van der Waals surface area contributed by atoms with Crippen molar-refractivity contribution in [2.45, 2.75) is 13.3 Å². The first-order chi connectivity index (χ1) is 7.09. The van der Waals surface area contributed by atoms with Gasteiger partial charge >= 0.3 is 0 Å². The molecule has 0 atom stereocenters. The van der Waals surface area contributed by atoms with Crippen molar-refractivity contribution in [1.82, 2.24) is 10.9 Å².